The molecule has 0 spiro atoms. The predicted molar refractivity (Wildman–Crippen MR) is 76.6 cm³/mol. The second kappa shape index (κ2) is 12.0. The molecule has 21 heavy (non-hydrogen) atoms. The van der Waals surface area contributed by atoms with Gasteiger partial charge in [0.2, 0.25) is 0 Å². The molecule has 0 fully saturated rings. The molecule has 0 aliphatic heterocycles. The van der Waals surface area contributed by atoms with Crippen molar-refractivity contribution in [3.8, 4) is 0 Å². The average molecular weight is 341 g/mol. The minimum Gasteiger partial charge on any atom is -0.550 e. The Labute approximate surface area is 140 Å². The molecule has 0 atom stereocenters. The van der Waals surface area contributed by atoms with Crippen LogP contribution in [0.25, 0.3) is 0 Å². The summed E-state index contributed by atoms with van der Waals surface area (Å²) in [7, 11) is 0. The molecule has 0 aromatic carbocycles. The van der Waals surface area contributed by atoms with Crippen LogP contribution in [-0.2, 0) is 26.7 Å². The SMILES string of the molecule is CCCCC(C)(C)C(=O)[O-].CCCCC(C)(C)C(=O)[O-].[Mn+2]. The third kappa shape index (κ3) is 12.9. The fourth-order valence-corrected chi connectivity index (χ4v) is 1.44. The minimum absolute atomic E-state index is 0. The van der Waals surface area contributed by atoms with E-state index in [4.69, 9.17) is 0 Å². The summed E-state index contributed by atoms with van der Waals surface area (Å²) in [5.41, 5.74) is -1.29. The maximum atomic E-state index is 10.4. The van der Waals surface area contributed by atoms with Gasteiger partial charge >= 0.3 is 17.1 Å². The maximum absolute atomic E-state index is 10.4. The first-order chi connectivity index (χ1) is 9.01. The Hall–Kier alpha value is -0.541. The summed E-state index contributed by atoms with van der Waals surface area (Å²) in [4.78, 5) is 20.8. The molecule has 0 N–H and O–H groups in total. The first kappa shape index (κ1) is 25.4. The van der Waals surface area contributed by atoms with Crippen LogP contribution >= 0.6 is 0 Å². The number of unbranched alkanes of at least 4 members (excludes halogenated alkanes) is 2. The molecule has 5 heteroatoms. The smallest absolute Gasteiger partial charge is 0.550 e. The van der Waals surface area contributed by atoms with Crippen LogP contribution in [0.5, 0.6) is 0 Å². The molecule has 0 unspecified atom stereocenters. The molecule has 0 amide bonds. The topological polar surface area (TPSA) is 80.3 Å². The molecule has 4 nitrogen and oxygen atoms in total. The summed E-state index contributed by atoms with van der Waals surface area (Å²) in [6.45, 7) is 10.9. The summed E-state index contributed by atoms with van der Waals surface area (Å²) in [5, 5.41) is 20.8. The van der Waals surface area contributed by atoms with Gasteiger partial charge in [-0.25, -0.2) is 0 Å². The van der Waals surface area contributed by atoms with Crippen LogP contribution in [0.1, 0.15) is 80.1 Å². The van der Waals surface area contributed by atoms with E-state index in [1.807, 2.05) is 13.8 Å². The van der Waals surface area contributed by atoms with E-state index in [0.29, 0.717) is 12.8 Å². The molecule has 0 saturated carbocycles. The summed E-state index contributed by atoms with van der Waals surface area (Å²) in [6, 6.07) is 0. The average Bonchev–Trinajstić information content (AvgIpc) is 2.34. The van der Waals surface area contributed by atoms with Crippen LogP contribution in [-0.4, -0.2) is 11.9 Å². The predicted octanol–water partition coefficient (Wildman–Crippen LogP) is 1.90. The number of carboxylic acid groups (broad SMARTS) is 2. The van der Waals surface area contributed by atoms with Gasteiger partial charge in [-0.2, -0.15) is 0 Å². The Balaban J connectivity index is -0.000000295. The van der Waals surface area contributed by atoms with Crippen molar-refractivity contribution >= 4 is 11.9 Å². The van der Waals surface area contributed by atoms with E-state index in [1.165, 1.54) is 0 Å². The number of hydrogen-bond acceptors (Lipinski definition) is 4. The number of rotatable bonds is 8. The molecule has 1 radical (unpaired) electrons. The monoisotopic (exact) mass is 341 g/mol. The van der Waals surface area contributed by atoms with Crippen molar-refractivity contribution < 1.29 is 36.9 Å². The van der Waals surface area contributed by atoms with Crippen LogP contribution in [0.15, 0.2) is 0 Å². The molecule has 0 bridgehead atoms. The minimum atomic E-state index is -0.944. The van der Waals surface area contributed by atoms with Gasteiger partial charge in [-0.1, -0.05) is 67.2 Å². The largest absolute Gasteiger partial charge is 2.00 e. The van der Waals surface area contributed by atoms with Crippen LogP contribution in [0.4, 0.5) is 0 Å². The first-order valence-corrected chi connectivity index (χ1v) is 7.44. The maximum Gasteiger partial charge on any atom is 2.00 e. The fraction of sp³-hybridized carbons (Fsp3) is 0.875. The van der Waals surface area contributed by atoms with E-state index in [2.05, 4.69) is 0 Å². The van der Waals surface area contributed by atoms with Crippen LogP contribution in [0.2, 0.25) is 0 Å². The van der Waals surface area contributed by atoms with Crippen LogP contribution < -0.4 is 10.2 Å². The van der Waals surface area contributed by atoms with E-state index >= 15 is 0 Å². The third-order valence-electron chi connectivity index (χ3n) is 3.42. The van der Waals surface area contributed by atoms with E-state index in [1.54, 1.807) is 27.7 Å². The Bertz CT molecular complexity index is 269. The zero-order chi connectivity index (χ0) is 16.4. The number of carboxylic acids is 2. The van der Waals surface area contributed by atoms with Crippen molar-refractivity contribution in [3.05, 3.63) is 0 Å². The van der Waals surface area contributed by atoms with E-state index in [0.717, 1.165) is 25.7 Å². The van der Waals surface area contributed by atoms with Gasteiger partial charge in [-0.3, -0.25) is 0 Å². The van der Waals surface area contributed by atoms with Gasteiger partial charge in [0, 0.05) is 22.8 Å². The molecule has 0 aromatic rings. The van der Waals surface area contributed by atoms with Gasteiger partial charge in [-0.15, -0.1) is 0 Å². The van der Waals surface area contributed by atoms with Gasteiger partial charge in [0.05, 0.1) is 0 Å². The van der Waals surface area contributed by atoms with Crippen molar-refractivity contribution in [2.75, 3.05) is 0 Å². The molecule has 0 heterocycles. The molecular formula is C16H30MnO4. The summed E-state index contributed by atoms with van der Waals surface area (Å²) in [5.74, 6) is -1.89. The summed E-state index contributed by atoms with van der Waals surface area (Å²) < 4.78 is 0. The summed E-state index contributed by atoms with van der Waals surface area (Å²) >= 11 is 0. The van der Waals surface area contributed by atoms with E-state index in [9.17, 15) is 19.8 Å². The van der Waals surface area contributed by atoms with Crippen molar-refractivity contribution in [2.24, 2.45) is 10.8 Å². The van der Waals surface area contributed by atoms with Crippen molar-refractivity contribution in [3.63, 3.8) is 0 Å². The van der Waals surface area contributed by atoms with Crippen molar-refractivity contribution in [1.82, 2.24) is 0 Å². The number of carbonyl (C=O) groups excluding carboxylic acids is 2. The Kier molecular flexibility index (Phi) is 14.6. The van der Waals surface area contributed by atoms with Gasteiger partial charge in [-0.05, 0) is 12.8 Å². The molecule has 0 aromatic heterocycles. The van der Waals surface area contributed by atoms with Crippen LogP contribution in [0, 0.1) is 10.8 Å². The van der Waals surface area contributed by atoms with Crippen LogP contribution in [0.3, 0.4) is 0 Å². The number of carbonyl (C=O) groups is 2. The Morgan fingerprint density at radius 2 is 1.00 bits per heavy atom. The quantitative estimate of drug-likeness (QED) is 0.632. The normalized spacial score (nSPS) is 11.0. The fourth-order valence-electron chi connectivity index (χ4n) is 1.44. The van der Waals surface area contributed by atoms with Crippen molar-refractivity contribution in [2.45, 2.75) is 80.1 Å². The molecule has 0 saturated heterocycles. The molecular weight excluding hydrogens is 311 g/mol. The summed E-state index contributed by atoms with van der Waals surface area (Å²) in [6.07, 6.45) is 5.42. The van der Waals surface area contributed by atoms with E-state index < -0.39 is 22.8 Å². The zero-order valence-corrected chi connectivity index (χ0v) is 15.4. The molecule has 125 valence electrons. The van der Waals surface area contributed by atoms with Gasteiger partial charge in [0.15, 0.2) is 0 Å². The third-order valence-corrected chi connectivity index (χ3v) is 3.42. The molecule has 0 rings (SSSR count). The number of hydrogen-bond donors (Lipinski definition) is 0. The van der Waals surface area contributed by atoms with Gasteiger partial charge in [0.25, 0.3) is 0 Å². The van der Waals surface area contributed by atoms with Gasteiger partial charge in [0.1, 0.15) is 0 Å². The Morgan fingerprint density at radius 3 is 1.14 bits per heavy atom. The Morgan fingerprint density at radius 1 is 0.762 bits per heavy atom. The zero-order valence-electron chi connectivity index (χ0n) is 14.3. The van der Waals surface area contributed by atoms with Gasteiger partial charge < -0.3 is 19.8 Å². The standard InChI is InChI=1S/2C8H16O2.Mn/c2*1-4-5-6-8(2,3)7(9)10;/h2*4-6H2,1-3H3,(H,9,10);/q;;+2/p-2. The van der Waals surface area contributed by atoms with Crippen molar-refractivity contribution in [1.29, 1.82) is 0 Å². The molecule has 0 aliphatic rings. The first-order valence-electron chi connectivity index (χ1n) is 7.44. The molecule has 0 aliphatic carbocycles. The second-order valence-electron chi connectivity index (χ2n) is 6.55. The van der Waals surface area contributed by atoms with E-state index in [-0.39, 0.29) is 17.1 Å². The second-order valence-corrected chi connectivity index (χ2v) is 6.55. The number of aliphatic carboxylic acids is 2.